The minimum absolute atomic E-state index is 0.251. The average molecular weight is 403 g/mol. The maximum atomic E-state index is 11.7. The summed E-state index contributed by atoms with van der Waals surface area (Å²) >= 11 is -1.88. The van der Waals surface area contributed by atoms with Gasteiger partial charge in [-0.3, -0.25) is 0 Å². The minimum atomic E-state index is -1.88. The van der Waals surface area contributed by atoms with Crippen LogP contribution >= 0.6 is 0 Å². The first-order valence-electron chi connectivity index (χ1n) is 9.59. The van der Waals surface area contributed by atoms with E-state index in [1.165, 1.54) is 5.56 Å². The molecular formula is C21H30N4O2S. The molecule has 0 amide bonds. The van der Waals surface area contributed by atoms with Crippen LogP contribution in [0.25, 0.3) is 0 Å². The van der Waals surface area contributed by atoms with Crippen LogP contribution in [0.15, 0.2) is 30.5 Å². The highest BCUT2D eigenvalue weighted by Crippen LogP contribution is 2.35. The maximum absolute atomic E-state index is 11.7. The van der Waals surface area contributed by atoms with Crippen molar-refractivity contribution in [1.29, 1.82) is 0 Å². The van der Waals surface area contributed by atoms with Gasteiger partial charge in [0.05, 0.1) is 10.4 Å². The molecular weight excluding hydrogens is 372 g/mol. The van der Waals surface area contributed by atoms with Gasteiger partial charge in [0.15, 0.2) is 11.1 Å². The van der Waals surface area contributed by atoms with E-state index in [4.69, 9.17) is 4.98 Å². The van der Waals surface area contributed by atoms with E-state index in [1.807, 2.05) is 32.2 Å². The summed E-state index contributed by atoms with van der Waals surface area (Å²) < 4.78 is 20.6. The highest BCUT2D eigenvalue weighted by atomic mass is 32.2. The Morgan fingerprint density at radius 1 is 1.29 bits per heavy atom. The molecule has 0 bridgehead atoms. The predicted molar refractivity (Wildman–Crippen MR) is 114 cm³/mol. The molecule has 1 aromatic carbocycles. The SMILES string of the molecule is CN1CCc2cnc(Nc3cccc(C(C)(C)CC(C)(C)S(=O)O)c3)nc2C1. The zero-order valence-electron chi connectivity index (χ0n) is 17.3. The average Bonchev–Trinajstić information content (AvgIpc) is 2.60. The van der Waals surface area contributed by atoms with Crippen LogP contribution in [0.5, 0.6) is 0 Å². The van der Waals surface area contributed by atoms with Crippen molar-refractivity contribution in [2.45, 2.75) is 57.2 Å². The van der Waals surface area contributed by atoms with E-state index < -0.39 is 15.8 Å². The third kappa shape index (κ3) is 4.77. The van der Waals surface area contributed by atoms with Crippen molar-refractivity contribution in [2.75, 3.05) is 18.9 Å². The fourth-order valence-electron chi connectivity index (χ4n) is 3.87. The fourth-order valence-corrected chi connectivity index (χ4v) is 4.35. The number of nitrogens with one attached hydrogen (secondary N) is 1. The fraction of sp³-hybridized carbons (Fsp3) is 0.524. The molecule has 1 aliphatic heterocycles. The topological polar surface area (TPSA) is 78.4 Å². The largest absolute Gasteiger partial charge is 0.324 e. The number of benzene rings is 1. The molecule has 152 valence electrons. The predicted octanol–water partition coefficient (Wildman–Crippen LogP) is 3.88. The molecule has 6 nitrogen and oxygen atoms in total. The molecule has 1 atom stereocenters. The first-order chi connectivity index (χ1) is 13.1. The zero-order chi connectivity index (χ0) is 20.5. The Bertz CT molecular complexity index is 882. The highest BCUT2D eigenvalue weighted by molar-refractivity contribution is 7.80. The van der Waals surface area contributed by atoms with E-state index in [2.05, 4.69) is 48.2 Å². The lowest BCUT2D eigenvalue weighted by Crippen LogP contribution is -2.35. The first-order valence-corrected chi connectivity index (χ1v) is 10.7. The molecule has 0 radical (unpaired) electrons. The third-order valence-electron chi connectivity index (χ3n) is 5.38. The van der Waals surface area contributed by atoms with Crippen molar-refractivity contribution in [3.05, 3.63) is 47.3 Å². The minimum Gasteiger partial charge on any atom is -0.324 e. The molecule has 1 aromatic heterocycles. The standard InChI is InChI=1S/C21H30N4O2S/c1-20(2,14-21(3,4)28(26)27)16-7-6-8-17(11-16)23-19-22-12-15-9-10-25(5)13-18(15)24-19/h6-8,11-12H,9-10,13-14H2,1-5H3,(H,26,27)(H,22,23,24). The van der Waals surface area contributed by atoms with Gasteiger partial charge in [-0.1, -0.05) is 26.0 Å². The Hall–Kier alpha value is -1.83. The van der Waals surface area contributed by atoms with Crippen LogP contribution in [0.1, 0.15) is 50.9 Å². The normalized spacial score (nSPS) is 16.5. The van der Waals surface area contributed by atoms with Gasteiger partial charge in [0, 0.05) is 25.0 Å². The Labute approximate surface area is 170 Å². The summed E-state index contributed by atoms with van der Waals surface area (Å²) in [5.74, 6) is 0.598. The number of fused-ring (bicyclic) bond motifs is 1. The monoisotopic (exact) mass is 402 g/mol. The van der Waals surface area contributed by atoms with Crippen LogP contribution in [-0.4, -0.2) is 42.0 Å². The van der Waals surface area contributed by atoms with Gasteiger partial charge in [-0.2, -0.15) is 0 Å². The molecule has 0 spiro atoms. The molecule has 0 saturated heterocycles. The van der Waals surface area contributed by atoms with E-state index in [9.17, 15) is 8.76 Å². The molecule has 28 heavy (non-hydrogen) atoms. The second-order valence-electron chi connectivity index (χ2n) is 8.93. The van der Waals surface area contributed by atoms with Crippen molar-refractivity contribution in [3.63, 3.8) is 0 Å². The van der Waals surface area contributed by atoms with Crippen LogP contribution in [-0.2, 0) is 29.5 Å². The smallest absolute Gasteiger partial charge is 0.227 e. The number of anilines is 2. The number of aromatic nitrogens is 2. The number of hydrogen-bond acceptors (Lipinski definition) is 5. The molecule has 2 N–H and O–H groups in total. The lowest BCUT2D eigenvalue weighted by Gasteiger charge is -2.33. The van der Waals surface area contributed by atoms with E-state index in [-0.39, 0.29) is 5.41 Å². The summed E-state index contributed by atoms with van der Waals surface area (Å²) in [4.78, 5) is 11.4. The second-order valence-corrected chi connectivity index (χ2v) is 10.5. The molecule has 3 rings (SSSR count). The van der Waals surface area contributed by atoms with Crippen LogP contribution in [0.3, 0.4) is 0 Å². The van der Waals surface area contributed by atoms with E-state index in [0.717, 1.165) is 36.5 Å². The van der Waals surface area contributed by atoms with Crippen molar-refractivity contribution in [3.8, 4) is 0 Å². The molecule has 1 unspecified atom stereocenters. The highest BCUT2D eigenvalue weighted by Gasteiger charge is 2.34. The number of rotatable bonds is 6. The lowest BCUT2D eigenvalue weighted by molar-refractivity contribution is 0.307. The third-order valence-corrected chi connectivity index (χ3v) is 6.47. The Morgan fingerprint density at radius 3 is 2.75 bits per heavy atom. The summed E-state index contributed by atoms with van der Waals surface area (Å²) in [6.07, 6.45) is 3.50. The molecule has 2 aromatic rings. The first kappa shape index (κ1) is 20.9. The van der Waals surface area contributed by atoms with Crippen LogP contribution in [0.4, 0.5) is 11.6 Å². The Kier molecular flexibility index (Phi) is 5.89. The maximum Gasteiger partial charge on any atom is 0.227 e. The molecule has 1 aliphatic rings. The van der Waals surface area contributed by atoms with Crippen molar-refractivity contribution >= 4 is 22.7 Å². The van der Waals surface area contributed by atoms with Gasteiger partial charge in [-0.25, -0.2) is 14.2 Å². The number of hydrogen-bond donors (Lipinski definition) is 2. The van der Waals surface area contributed by atoms with Gasteiger partial charge < -0.3 is 14.8 Å². The Morgan fingerprint density at radius 2 is 2.04 bits per heavy atom. The second kappa shape index (κ2) is 7.89. The van der Waals surface area contributed by atoms with Crippen molar-refractivity contribution in [1.82, 2.24) is 14.9 Å². The van der Waals surface area contributed by atoms with Crippen molar-refractivity contribution < 1.29 is 8.76 Å². The van der Waals surface area contributed by atoms with Crippen LogP contribution in [0, 0.1) is 0 Å². The molecule has 2 heterocycles. The molecule has 0 aliphatic carbocycles. The van der Waals surface area contributed by atoms with E-state index in [0.29, 0.717) is 12.4 Å². The van der Waals surface area contributed by atoms with E-state index >= 15 is 0 Å². The van der Waals surface area contributed by atoms with Gasteiger partial charge >= 0.3 is 0 Å². The van der Waals surface area contributed by atoms with Gasteiger partial charge in [0.25, 0.3) is 0 Å². The zero-order valence-corrected chi connectivity index (χ0v) is 18.1. The van der Waals surface area contributed by atoms with E-state index in [1.54, 1.807) is 0 Å². The van der Waals surface area contributed by atoms with Crippen molar-refractivity contribution in [2.24, 2.45) is 0 Å². The quantitative estimate of drug-likeness (QED) is 0.714. The summed E-state index contributed by atoms with van der Waals surface area (Å²) in [7, 11) is 2.10. The Balaban J connectivity index is 1.80. The van der Waals surface area contributed by atoms with Gasteiger partial charge in [0.2, 0.25) is 5.95 Å². The molecule has 0 fully saturated rings. The number of nitrogens with zero attached hydrogens (tertiary/aromatic N) is 3. The van der Waals surface area contributed by atoms with Crippen LogP contribution < -0.4 is 5.32 Å². The number of likely N-dealkylation sites (N-methyl/N-ethyl adjacent to an activating group) is 1. The molecule has 7 heteroatoms. The summed E-state index contributed by atoms with van der Waals surface area (Å²) in [6, 6.07) is 8.12. The van der Waals surface area contributed by atoms with Crippen LogP contribution in [0.2, 0.25) is 0 Å². The summed E-state index contributed by atoms with van der Waals surface area (Å²) in [5, 5.41) is 3.32. The molecule has 0 saturated carbocycles. The summed E-state index contributed by atoms with van der Waals surface area (Å²) in [6.45, 7) is 9.73. The van der Waals surface area contributed by atoms with Gasteiger partial charge in [-0.05, 0) is 62.4 Å². The summed E-state index contributed by atoms with van der Waals surface area (Å²) in [5.41, 5.74) is 4.07. The van der Waals surface area contributed by atoms with Gasteiger partial charge in [-0.15, -0.1) is 0 Å². The van der Waals surface area contributed by atoms with Gasteiger partial charge in [0.1, 0.15) is 0 Å². The lowest BCUT2D eigenvalue weighted by atomic mass is 9.77.